The SMILES string of the molecule is COC(=O)COc1ccc(Cl)cc1C=Nn1c(C)nc2ccc(Br)cc2c1=O. The number of rotatable bonds is 5. The van der Waals surface area contributed by atoms with Gasteiger partial charge in [-0.2, -0.15) is 9.78 Å². The number of esters is 1. The predicted octanol–water partition coefficient (Wildman–Crippen LogP) is 3.55. The van der Waals surface area contributed by atoms with Crippen molar-refractivity contribution in [3.8, 4) is 5.75 Å². The second kappa shape index (κ2) is 8.53. The number of benzene rings is 2. The van der Waals surface area contributed by atoms with E-state index in [9.17, 15) is 9.59 Å². The molecule has 2 aromatic carbocycles. The van der Waals surface area contributed by atoms with Gasteiger partial charge in [0, 0.05) is 15.1 Å². The van der Waals surface area contributed by atoms with Crippen molar-refractivity contribution in [1.29, 1.82) is 0 Å². The molecule has 1 aromatic heterocycles. The number of nitrogens with zero attached hydrogens (tertiary/aromatic N) is 3. The maximum absolute atomic E-state index is 12.8. The zero-order chi connectivity index (χ0) is 20.3. The van der Waals surface area contributed by atoms with E-state index in [0.717, 1.165) is 4.47 Å². The molecule has 9 heteroatoms. The number of hydrogen-bond acceptors (Lipinski definition) is 6. The van der Waals surface area contributed by atoms with Gasteiger partial charge in [0.15, 0.2) is 6.61 Å². The molecule has 3 aromatic rings. The van der Waals surface area contributed by atoms with E-state index in [1.165, 1.54) is 18.0 Å². The van der Waals surface area contributed by atoms with Gasteiger partial charge in [-0.25, -0.2) is 9.78 Å². The van der Waals surface area contributed by atoms with Crippen molar-refractivity contribution < 1.29 is 14.3 Å². The molecule has 144 valence electrons. The molecule has 3 rings (SSSR count). The average molecular weight is 465 g/mol. The summed E-state index contributed by atoms with van der Waals surface area (Å²) in [6, 6.07) is 10.1. The quantitative estimate of drug-likeness (QED) is 0.426. The van der Waals surface area contributed by atoms with Crippen LogP contribution in [0.3, 0.4) is 0 Å². The zero-order valence-corrected chi connectivity index (χ0v) is 17.3. The number of ether oxygens (including phenoxy) is 2. The standard InChI is InChI=1S/C19H15BrClN3O4/c1-11-23-16-5-3-13(20)8-15(16)19(26)24(11)22-9-12-7-14(21)4-6-17(12)28-10-18(25)27-2/h3-9H,10H2,1-2H3. The van der Waals surface area contributed by atoms with Crippen LogP contribution < -0.4 is 10.3 Å². The summed E-state index contributed by atoms with van der Waals surface area (Å²) in [6.07, 6.45) is 1.43. The molecule has 0 amide bonds. The summed E-state index contributed by atoms with van der Waals surface area (Å²) in [6.45, 7) is 1.43. The lowest BCUT2D eigenvalue weighted by atomic mass is 10.2. The molecule has 0 aliphatic carbocycles. The van der Waals surface area contributed by atoms with E-state index in [1.54, 1.807) is 37.3 Å². The molecule has 0 spiro atoms. The number of carbonyl (C=O) groups excluding carboxylic acids is 1. The summed E-state index contributed by atoms with van der Waals surface area (Å²) < 4.78 is 12.0. The van der Waals surface area contributed by atoms with E-state index in [2.05, 4.69) is 30.8 Å². The Morgan fingerprint density at radius 2 is 2.11 bits per heavy atom. The summed E-state index contributed by atoms with van der Waals surface area (Å²) in [7, 11) is 1.27. The Bertz CT molecular complexity index is 1140. The third-order valence-electron chi connectivity index (χ3n) is 3.83. The first kappa shape index (κ1) is 20.0. The first-order valence-electron chi connectivity index (χ1n) is 8.11. The van der Waals surface area contributed by atoms with E-state index in [-0.39, 0.29) is 12.2 Å². The second-order valence-electron chi connectivity index (χ2n) is 5.73. The molecule has 0 aliphatic heterocycles. The summed E-state index contributed by atoms with van der Waals surface area (Å²) >= 11 is 9.41. The molecule has 0 radical (unpaired) electrons. The monoisotopic (exact) mass is 463 g/mol. The molecule has 0 fully saturated rings. The summed E-state index contributed by atoms with van der Waals surface area (Å²) in [5, 5.41) is 5.14. The Kier molecular flexibility index (Phi) is 6.11. The molecular formula is C19H15BrClN3O4. The van der Waals surface area contributed by atoms with Gasteiger partial charge >= 0.3 is 5.97 Å². The highest BCUT2D eigenvalue weighted by Crippen LogP contribution is 2.22. The molecule has 0 saturated heterocycles. The normalized spacial score (nSPS) is 11.1. The fraction of sp³-hybridized carbons (Fsp3) is 0.158. The van der Waals surface area contributed by atoms with Crippen LogP contribution in [-0.4, -0.2) is 35.6 Å². The van der Waals surface area contributed by atoms with Crippen LogP contribution in [0.15, 0.2) is 50.8 Å². The smallest absolute Gasteiger partial charge is 0.343 e. The number of halogens is 2. The minimum Gasteiger partial charge on any atom is -0.481 e. The third-order valence-corrected chi connectivity index (χ3v) is 4.56. The van der Waals surface area contributed by atoms with E-state index in [0.29, 0.717) is 33.1 Å². The van der Waals surface area contributed by atoms with Crippen molar-refractivity contribution in [3.05, 3.63) is 67.6 Å². The van der Waals surface area contributed by atoms with E-state index < -0.39 is 5.97 Å². The Hall–Kier alpha value is -2.71. The summed E-state index contributed by atoms with van der Waals surface area (Å²) in [5.74, 6) is 0.282. The molecular weight excluding hydrogens is 450 g/mol. The number of methoxy groups -OCH3 is 1. The van der Waals surface area contributed by atoms with Gasteiger partial charge in [0.1, 0.15) is 11.6 Å². The molecule has 1 heterocycles. The molecule has 0 bridgehead atoms. The van der Waals surface area contributed by atoms with Crippen LogP contribution in [0.4, 0.5) is 0 Å². The average Bonchev–Trinajstić information content (AvgIpc) is 2.67. The van der Waals surface area contributed by atoms with Crippen LogP contribution in [-0.2, 0) is 9.53 Å². The molecule has 0 saturated carbocycles. The van der Waals surface area contributed by atoms with Crippen molar-refractivity contribution >= 4 is 50.6 Å². The van der Waals surface area contributed by atoms with Gasteiger partial charge in [0.2, 0.25) is 0 Å². The first-order chi connectivity index (χ1) is 13.4. The fourth-order valence-corrected chi connectivity index (χ4v) is 3.00. The number of hydrogen-bond donors (Lipinski definition) is 0. The molecule has 0 unspecified atom stereocenters. The molecule has 0 N–H and O–H groups in total. The first-order valence-corrected chi connectivity index (χ1v) is 9.28. The van der Waals surface area contributed by atoms with Crippen molar-refractivity contribution in [3.63, 3.8) is 0 Å². The maximum Gasteiger partial charge on any atom is 0.343 e. The van der Waals surface area contributed by atoms with Crippen molar-refractivity contribution in [1.82, 2.24) is 9.66 Å². The lowest BCUT2D eigenvalue weighted by Gasteiger charge is -2.09. The van der Waals surface area contributed by atoms with E-state index >= 15 is 0 Å². The highest BCUT2D eigenvalue weighted by Gasteiger charge is 2.10. The highest BCUT2D eigenvalue weighted by molar-refractivity contribution is 9.10. The number of fused-ring (bicyclic) bond motifs is 1. The Balaban J connectivity index is 2.01. The minimum absolute atomic E-state index is 0.260. The summed E-state index contributed by atoms with van der Waals surface area (Å²) in [5.41, 5.74) is 0.776. The van der Waals surface area contributed by atoms with Crippen LogP contribution in [0.1, 0.15) is 11.4 Å². The van der Waals surface area contributed by atoms with Gasteiger partial charge in [-0.3, -0.25) is 4.79 Å². The highest BCUT2D eigenvalue weighted by atomic mass is 79.9. The van der Waals surface area contributed by atoms with Crippen LogP contribution in [0.5, 0.6) is 5.75 Å². The van der Waals surface area contributed by atoms with Crippen LogP contribution in [0, 0.1) is 6.92 Å². The lowest BCUT2D eigenvalue weighted by molar-refractivity contribution is -0.142. The van der Waals surface area contributed by atoms with Crippen LogP contribution in [0.25, 0.3) is 10.9 Å². The molecule has 7 nitrogen and oxygen atoms in total. The third kappa shape index (κ3) is 4.40. The molecule has 28 heavy (non-hydrogen) atoms. The van der Waals surface area contributed by atoms with Crippen molar-refractivity contribution in [2.24, 2.45) is 5.10 Å². The van der Waals surface area contributed by atoms with Gasteiger partial charge in [-0.15, -0.1) is 0 Å². The zero-order valence-electron chi connectivity index (χ0n) is 15.0. The molecule has 0 aliphatic rings. The predicted molar refractivity (Wildman–Crippen MR) is 110 cm³/mol. The van der Waals surface area contributed by atoms with Gasteiger partial charge in [-0.05, 0) is 43.3 Å². The number of aromatic nitrogens is 2. The minimum atomic E-state index is -0.519. The largest absolute Gasteiger partial charge is 0.481 e. The number of carbonyl (C=O) groups is 1. The second-order valence-corrected chi connectivity index (χ2v) is 7.08. The van der Waals surface area contributed by atoms with Crippen molar-refractivity contribution in [2.75, 3.05) is 13.7 Å². The topological polar surface area (TPSA) is 82.8 Å². The lowest BCUT2D eigenvalue weighted by Crippen LogP contribution is -2.20. The maximum atomic E-state index is 12.8. The summed E-state index contributed by atoms with van der Waals surface area (Å²) in [4.78, 5) is 28.5. The van der Waals surface area contributed by atoms with Gasteiger partial charge in [-0.1, -0.05) is 27.5 Å². The van der Waals surface area contributed by atoms with E-state index in [4.69, 9.17) is 16.3 Å². The number of aryl methyl sites for hydroxylation is 1. The molecule has 0 atom stereocenters. The van der Waals surface area contributed by atoms with E-state index in [1.807, 2.05) is 6.07 Å². The Morgan fingerprint density at radius 3 is 2.86 bits per heavy atom. The van der Waals surface area contributed by atoms with Crippen LogP contribution >= 0.6 is 27.5 Å². The Morgan fingerprint density at radius 1 is 1.32 bits per heavy atom. The Labute approximate surface area is 173 Å². The van der Waals surface area contributed by atoms with Crippen molar-refractivity contribution in [2.45, 2.75) is 6.92 Å². The van der Waals surface area contributed by atoms with Gasteiger partial charge < -0.3 is 9.47 Å². The van der Waals surface area contributed by atoms with Crippen LogP contribution in [0.2, 0.25) is 5.02 Å². The van der Waals surface area contributed by atoms with Gasteiger partial charge in [0.05, 0.1) is 24.2 Å². The van der Waals surface area contributed by atoms with Gasteiger partial charge in [0.25, 0.3) is 5.56 Å². The fourth-order valence-electron chi connectivity index (χ4n) is 2.46.